The molecule has 2 aliphatic carbocycles. The number of benzene rings is 1. The molecule has 2 saturated carbocycles. The van der Waals surface area contributed by atoms with Crippen LogP contribution in [0.2, 0.25) is 5.02 Å². The molecule has 0 saturated heterocycles. The van der Waals surface area contributed by atoms with Crippen molar-refractivity contribution >= 4 is 23.2 Å². The highest BCUT2D eigenvalue weighted by Gasteiger charge is 2.72. The van der Waals surface area contributed by atoms with Gasteiger partial charge in [0.05, 0.1) is 24.3 Å². The molecule has 1 amide bonds. The molecule has 0 radical (unpaired) electrons. The monoisotopic (exact) mass is 337 g/mol. The number of hydrogen-bond acceptors (Lipinski definition) is 3. The molecular weight excluding hydrogens is 314 g/mol. The summed E-state index contributed by atoms with van der Waals surface area (Å²) >= 11 is 6.05. The van der Waals surface area contributed by atoms with Gasteiger partial charge < -0.3 is 15.2 Å². The average Bonchev–Trinajstić information content (AvgIpc) is 2.78. The molecule has 2 fully saturated rings. The van der Waals surface area contributed by atoms with Gasteiger partial charge in [0, 0.05) is 5.02 Å². The molecular formula is C18H24ClNO3. The molecule has 3 unspecified atom stereocenters. The van der Waals surface area contributed by atoms with Gasteiger partial charge in [-0.25, -0.2) is 0 Å². The van der Waals surface area contributed by atoms with Crippen LogP contribution in [0.5, 0.6) is 5.75 Å². The number of fused-ring (bicyclic) bond motifs is 2. The summed E-state index contributed by atoms with van der Waals surface area (Å²) < 4.78 is 5.31. The first-order chi connectivity index (χ1) is 10.7. The van der Waals surface area contributed by atoms with Crippen molar-refractivity contribution < 1.29 is 14.6 Å². The number of anilines is 1. The first-order valence-corrected chi connectivity index (χ1v) is 8.39. The minimum absolute atomic E-state index is 0.0525. The second-order valence-electron chi connectivity index (χ2n) is 7.64. The highest BCUT2D eigenvalue weighted by Crippen LogP contribution is 2.72. The Morgan fingerprint density at radius 1 is 1.35 bits per heavy atom. The quantitative estimate of drug-likeness (QED) is 0.880. The molecule has 0 aromatic heterocycles. The van der Waals surface area contributed by atoms with Gasteiger partial charge >= 0.3 is 0 Å². The SMILES string of the molecule is COc1ccc(Cl)cc1NC(=O)C12CCC(C)(C(O)C1)C2(C)C. The summed E-state index contributed by atoms with van der Waals surface area (Å²) in [6.45, 7) is 6.30. The van der Waals surface area contributed by atoms with Crippen LogP contribution in [0.1, 0.15) is 40.0 Å². The van der Waals surface area contributed by atoms with Gasteiger partial charge in [0.1, 0.15) is 5.75 Å². The van der Waals surface area contributed by atoms with Gasteiger partial charge in [0.25, 0.3) is 0 Å². The fourth-order valence-corrected chi connectivity index (χ4v) is 4.82. The third kappa shape index (κ3) is 2.04. The molecule has 2 bridgehead atoms. The number of amides is 1. The minimum atomic E-state index is -0.561. The largest absolute Gasteiger partial charge is 0.495 e. The van der Waals surface area contributed by atoms with Crippen molar-refractivity contribution in [3.63, 3.8) is 0 Å². The minimum Gasteiger partial charge on any atom is -0.495 e. The Bertz CT molecular complexity index is 660. The summed E-state index contributed by atoms with van der Waals surface area (Å²) in [5.41, 5.74) is -0.475. The Balaban J connectivity index is 1.95. The van der Waals surface area contributed by atoms with Crippen LogP contribution < -0.4 is 10.1 Å². The second-order valence-corrected chi connectivity index (χ2v) is 8.08. The van der Waals surface area contributed by atoms with Crippen LogP contribution >= 0.6 is 11.6 Å². The van der Waals surface area contributed by atoms with Gasteiger partial charge in [0.2, 0.25) is 5.91 Å². The molecule has 3 atom stereocenters. The normalized spacial score (nSPS) is 34.4. The Morgan fingerprint density at radius 3 is 2.57 bits per heavy atom. The Kier molecular flexibility index (Phi) is 3.69. The van der Waals surface area contributed by atoms with Gasteiger partial charge in [-0.2, -0.15) is 0 Å². The van der Waals surface area contributed by atoms with E-state index in [0.29, 0.717) is 22.9 Å². The number of halogens is 1. The molecule has 3 rings (SSSR count). The molecule has 1 aromatic carbocycles. The van der Waals surface area contributed by atoms with Crippen molar-refractivity contribution in [3.8, 4) is 5.75 Å². The molecule has 23 heavy (non-hydrogen) atoms. The van der Waals surface area contributed by atoms with Crippen LogP contribution in [0, 0.1) is 16.2 Å². The van der Waals surface area contributed by atoms with E-state index in [9.17, 15) is 9.90 Å². The second kappa shape index (κ2) is 5.12. The number of methoxy groups -OCH3 is 1. The molecule has 4 nitrogen and oxygen atoms in total. The number of rotatable bonds is 3. The van der Waals surface area contributed by atoms with Crippen LogP contribution in [0.25, 0.3) is 0 Å². The van der Waals surface area contributed by atoms with Crippen LogP contribution in [0.15, 0.2) is 18.2 Å². The average molecular weight is 338 g/mol. The predicted molar refractivity (Wildman–Crippen MR) is 90.8 cm³/mol. The van der Waals surface area contributed by atoms with Crippen molar-refractivity contribution in [2.24, 2.45) is 16.2 Å². The topological polar surface area (TPSA) is 58.6 Å². The van der Waals surface area contributed by atoms with Gasteiger partial charge in [-0.05, 0) is 48.3 Å². The van der Waals surface area contributed by atoms with Crippen LogP contribution in [-0.4, -0.2) is 24.2 Å². The lowest BCUT2D eigenvalue weighted by Gasteiger charge is -2.40. The summed E-state index contributed by atoms with van der Waals surface area (Å²) in [4.78, 5) is 13.2. The highest BCUT2D eigenvalue weighted by molar-refractivity contribution is 6.31. The van der Waals surface area contributed by atoms with E-state index in [4.69, 9.17) is 16.3 Å². The van der Waals surface area contributed by atoms with Gasteiger partial charge in [-0.15, -0.1) is 0 Å². The lowest BCUT2D eigenvalue weighted by atomic mass is 9.64. The maximum Gasteiger partial charge on any atom is 0.231 e. The van der Waals surface area contributed by atoms with E-state index in [2.05, 4.69) is 26.1 Å². The fraction of sp³-hybridized carbons (Fsp3) is 0.611. The van der Waals surface area contributed by atoms with E-state index < -0.39 is 11.5 Å². The number of carbonyl (C=O) groups is 1. The third-order valence-corrected chi connectivity index (χ3v) is 7.05. The lowest BCUT2D eigenvalue weighted by molar-refractivity contribution is -0.130. The van der Waals surface area contributed by atoms with E-state index in [-0.39, 0.29) is 16.7 Å². The zero-order valence-corrected chi connectivity index (χ0v) is 14.8. The summed E-state index contributed by atoms with van der Waals surface area (Å²) in [5, 5.41) is 14.1. The summed E-state index contributed by atoms with van der Waals surface area (Å²) in [5.74, 6) is 0.527. The highest BCUT2D eigenvalue weighted by atomic mass is 35.5. The van der Waals surface area contributed by atoms with Crippen molar-refractivity contribution in [1.29, 1.82) is 0 Å². The lowest BCUT2D eigenvalue weighted by Crippen LogP contribution is -2.43. The maximum atomic E-state index is 13.2. The number of carbonyl (C=O) groups excluding carboxylic acids is 1. The maximum absolute atomic E-state index is 13.2. The molecule has 0 spiro atoms. The van der Waals surface area contributed by atoms with E-state index in [1.54, 1.807) is 25.3 Å². The molecule has 0 aliphatic heterocycles. The van der Waals surface area contributed by atoms with E-state index in [0.717, 1.165) is 12.8 Å². The molecule has 1 aromatic rings. The van der Waals surface area contributed by atoms with Gasteiger partial charge in [-0.1, -0.05) is 32.4 Å². The summed E-state index contributed by atoms with van der Waals surface area (Å²) in [7, 11) is 1.56. The first kappa shape index (κ1) is 16.6. The molecule has 2 N–H and O–H groups in total. The molecule has 2 aliphatic rings. The number of aliphatic hydroxyl groups excluding tert-OH is 1. The zero-order valence-electron chi connectivity index (χ0n) is 14.1. The summed E-state index contributed by atoms with van der Waals surface area (Å²) in [6.07, 6.45) is 1.72. The van der Waals surface area contributed by atoms with E-state index in [1.165, 1.54) is 0 Å². The Morgan fingerprint density at radius 2 is 2.04 bits per heavy atom. The fourth-order valence-electron chi connectivity index (χ4n) is 4.65. The molecule has 126 valence electrons. The van der Waals surface area contributed by atoms with E-state index >= 15 is 0 Å². The molecule has 0 heterocycles. The van der Waals surface area contributed by atoms with Crippen LogP contribution in [0.4, 0.5) is 5.69 Å². The number of nitrogens with one attached hydrogen (secondary N) is 1. The van der Waals surface area contributed by atoms with Crippen LogP contribution in [0.3, 0.4) is 0 Å². The third-order valence-electron chi connectivity index (χ3n) is 6.82. The van der Waals surface area contributed by atoms with Crippen molar-refractivity contribution in [1.82, 2.24) is 0 Å². The zero-order chi connectivity index (χ0) is 17.0. The summed E-state index contributed by atoms with van der Waals surface area (Å²) in [6, 6.07) is 5.16. The van der Waals surface area contributed by atoms with Gasteiger partial charge in [-0.3, -0.25) is 4.79 Å². The smallest absolute Gasteiger partial charge is 0.231 e. The number of aliphatic hydroxyl groups is 1. The van der Waals surface area contributed by atoms with Crippen molar-refractivity contribution in [3.05, 3.63) is 23.2 Å². The Labute approximate surface area is 142 Å². The van der Waals surface area contributed by atoms with E-state index in [1.807, 2.05) is 0 Å². The number of ether oxygens (including phenoxy) is 1. The Hall–Kier alpha value is -1.26. The molecule has 5 heteroatoms. The first-order valence-electron chi connectivity index (χ1n) is 8.01. The van der Waals surface area contributed by atoms with Gasteiger partial charge in [0.15, 0.2) is 0 Å². The number of hydrogen-bond donors (Lipinski definition) is 2. The standard InChI is InChI=1S/C18H24ClNO3/c1-16(2)17(3)7-8-18(16,10-14(17)21)15(22)20-12-9-11(19)5-6-13(12)23-4/h5-6,9,14,21H,7-8,10H2,1-4H3,(H,20,22). The van der Waals surface area contributed by atoms with Crippen molar-refractivity contribution in [2.45, 2.75) is 46.1 Å². The van der Waals surface area contributed by atoms with Crippen LogP contribution in [-0.2, 0) is 4.79 Å². The predicted octanol–water partition coefficient (Wildman–Crippen LogP) is 3.86. The van der Waals surface area contributed by atoms with Crippen molar-refractivity contribution in [2.75, 3.05) is 12.4 Å².